The van der Waals surface area contributed by atoms with Gasteiger partial charge in [0.25, 0.3) is 0 Å². The van der Waals surface area contributed by atoms with Crippen LogP contribution >= 0.6 is 0 Å². The van der Waals surface area contributed by atoms with Gasteiger partial charge in [-0.2, -0.15) is 0 Å². The molecule has 2 atom stereocenters. The highest BCUT2D eigenvalue weighted by Crippen LogP contribution is 2.25. The van der Waals surface area contributed by atoms with E-state index >= 15 is 0 Å². The van der Waals surface area contributed by atoms with Crippen LogP contribution in [0, 0.1) is 12.3 Å². The van der Waals surface area contributed by atoms with Gasteiger partial charge in [0.15, 0.2) is 0 Å². The second kappa shape index (κ2) is 8.71. The third-order valence-electron chi connectivity index (χ3n) is 4.72. The SMILES string of the molecule is C#CC[C@@H]1C[C@@H](OCc2ccc(OC)cc2)CN1Cc1ccccc1. The molecule has 0 unspecified atom stereocenters. The molecule has 2 aromatic rings. The van der Waals surface area contributed by atoms with Crippen molar-refractivity contribution in [2.75, 3.05) is 13.7 Å². The number of likely N-dealkylation sites (tertiary alicyclic amines) is 1. The average Bonchev–Trinajstić information content (AvgIpc) is 3.03. The van der Waals surface area contributed by atoms with Crippen molar-refractivity contribution < 1.29 is 9.47 Å². The van der Waals surface area contributed by atoms with Gasteiger partial charge in [0.2, 0.25) is 0 Å². The standard InChI is InChI=1S/C22H25NO2/c1-3-7-20-14-22(16-23(20)15-18-8-5-4-6-9-18)25-17-19-10-12-21(24-2)13-11-19/h1,4-6,8-13,20,22H,7,14-17H2,2H3/t20-,22-/m1/s1. The summed E-state index contributed by atoms with van der Waals surface area (Å²) in [6.07, 6.45) is 7.56. The van der Waals surface area contributed by atoms with Gasteiger partial charge in [0.05, 0.1) is 19.8 Å². The van der Waals surface area contributed by atoms with E-state index in [9.17, 15) is 0 Å². The van der Waals surface area contributed by atoms with Crippen molar-refractivity contribution in [2.45, 2.75) is 38.1 Å². The molecule has 1 heterocycles. The van der Waals surface area contributed by atoms with Crippen LogP contribution in [-0.4, -0.2) is 30.7 Å². The van der Waals surface area contributed by atoms with Crippen molar-refractivity contribution in [1.29, 1.82) is 0 Å². The minimum absolute atomic E-state index is 0.226. The summed E-state index contributed by atoms with van der Waals surface area (Å²) in [7, 11) is 1.68. The van der Waals surface area contributed by atoms with Crippen LogP contribution in [0.25, 0.3) is 0 Å². The van der Waals surface area contributed by atoms with Crippen molar-refractivity contribution in [3.63, 3.8) is 0 Å². The summed E-state index contributed by atoms with van der Waals surface area (Å²) in [5, 5.41) is 0. The Kier molecular flexibility index (Phi) is 6.11. The number of rotatable bonds is 7. The van der Waals surface area contributed by atoms with Gasteiger partial charge in [-0.15, -0.1) is 12.3 Å². The molecule has 3 rings (SSSR count). The molecular weight excluding hydrogens is 310 g/mol. The summed E-state index contributed by atoms with van der Waals surface area (Å²) in [6, 6.07) is 19.0. The first kappa shape index (κ1) is 17.5. The number of nitrogens with zero attached hydrogens (tertiary/aromatic N) is 1. The zero-order valence-corrected chi connectivity index (χ0v) is 14.7. The lowest BCUT2D eigenvalue weighted by atomic mass is 10.1. The molecule has 0 aliphatic carbocycles. The van der Waals surface area contributed by atoms with Crippen LogP contribution in [0.2, 0.25) is 0 Å². The molecule has 0 spiro atoms. The Balaban J connectivity index is 1.56. The van der Waals surface area contributed by atoms with Gasteiger partial charge in [-0.05, 0) is 29.7 Å². The van der Waals surface area contributed by atoms with Crippen LogP contribution < -0.4 is 4.74 Å². The zero-order valence-electron chi connectivity index (χ0n) is 14.7. The van der Waals surface area contributed by atoms with E-state index in [1.807, 2.05) is 18.2 Å². The molecule has 1 aliphatic heterocycles. The minimum Gasteiger partial charge on any atom is -0.497 e. The van der Waals surface area contributed by atoms with E-state index < -0.39 is 0 Å². The molecule has 0 saturated carbocycles. The monoisotopic (exact) mass is 335 g/mol. The molecule has 0 bridgehead atoms. The predicted molar refractivity (Wildman–Crippen MR) is 100 cm³/mol. The smallest absolute Gasteiger partial charge is 0.118 e. The molecule has 0 N–H and O–H groups in total. The van der Waals surface area contributed by atoms with Crippen LogP contribution in [0.3, 0.4) is 0 Å². The van der Waals surface area contributed by atoms with E-state index in [1.54, 1.807) is 7.11 Å². The van der Waals surface area contributed by atoms with Gasteiger partial charge in [0, 0.05) is 25.6 Å². The summed E-state index contributed by atoms with van der Waals surface area (Å²) in [6.45, 7) is 2.48. The second-order valence-electron chi connectivity index (χ2n) is 6.49. The van der Waals surface area contributed by atoms with E-state index in [0.717, 1.165) is 37.2 Å². The highest BCUT2D eigenvalue weighted by Gasteiger charge is 2.31. The molecule has 3 nitrogen and oxygen atoms in total. The van der Waals surface area contributed by atoms with Crippen LogP contribution in [0.5, 0.6) is 5.75 Å². The second-order valence-corrected chi connectivity index (χ2v) is 6.49. The first-order chi connectivity index (χ1) is 12.3. The molecule has 0 aromatic heterocycles. The predicted octanol–water partition coefficient (Wildman–Crippen LogP) is 3.88. The Labute approximate surface area is 150 Å². The van der Waals surface area contributed by atoms with E-state index in [-0.39, 0.29) is 6.10 Å². The normalized spacial score (nSPS) is 20.3. The number of terminal acetylenes is 1. The fraction of sp³-hybridized carbons (Fsp3) is 0.364. The van der Waals surface area contributed by atoms with Gasteiger partial charge in [-0.1, -0.05) is 42.5 Å². The van der Waals surface area contributed by atoms with Crippen LogP contribution in [0.15, 0.2) is 54.6 Å². The molecule has 1 fully saturated rings. The Morgan fingerprint density at radius 2 is 1.84 bits per heavy atom. The number of methoxy groups -OCH3 is 1. The fourth-order valence-electron chi connectivity index (χ4n) is 3.35. The summed E-state index contributed by atoms with van der Waals surface area (Å²) in [5.74, 6) is 3.69. The summed E-state index contributed by atoms with van der Waals surface area (Å²) >= 11 is 0. The molecule has 130 valence electrons. The quantitative estimate of drug-likeness (QED) is 0.717. The van der Waals surface area contributed by atoms with Crippen LogP contribution in [0.1, 0.15) is 24.0 Å². The molecule has 1 saturated heterocycles. The lowest BCUT2D eigenvalue weighted by Gasteiger charge is -2.22. The zero-order chi connectivity index (χ0) is 17.5. The first-order valence-electron chi connectivity index (χ1n) is 8.74. The number of ether oxygens (including phenoxy) is 2. The summed E-state index contributed by atoms with van der Waals surface area (Å²) in [4.78, 5) is 2.45. The van der Waals surface area contributed by atoms with Crippen molar-refractivity contribution in [3.05, 3.63) is 65.7 Å². The van der Waals surface area contributed by atoms with E-state index in [2.05, 4.69) is 47.2 Å². The molecule has 0 radical (unpaired) electrons. The molecule has 2 aromatic carbocycles. The van der Waals surface area contributed by atoms with Gasteiger partial charge >= 0.3 is 0 Å². The maximum Gasteiger partial charge on any atom is 0.118 e. The first-order valence-corrected chi connectivity index (χ1v) is 8.74. The van der Waals surface area contributed by atoms with E-state index in [4.69, 9.17) is 15.9 Å². The van der Waals surface area contributed by atoms with Crippen LogP contribution in [0.4, 0.5) is 0 Å². The van der Waals surface area contributed by atoms with E-state index in [1.165, 1.54) is 5.56 Å². The third kappa shape index (κ3) is 4.85. The highest BCUT2D eigenvalue weighted by atomic mass is 16.5. The van der Waals surface area contributed by atoms with Crippen LogP contribution in [-0.2, 0) is 17.9 Å². The number of hydrogen-bond donors (Lipinski definition) is 0. The average molecular weight is 335 g/mol. The minimum atomic E-state index is 0.226. The summed E-state index contributed by atoms with van der Waals surface area (Å²) < 4.78 is 11.3. The lowest BCUT2D eigenvalue weighted by molar-refractivity contribution is 0.0461. The van der Waals surface area contributed by atoms with Gasteiger partial charge < -0.3 is 9.47 Å². The van der Waals surface area contributed by atoms with Crippen molar-refractivity contribution >= 4 is 0 Å². The van der Waals surface area contributed by atoms with Crippen molar-refractivity contribution in [2.24, 2.45) is 0 Å². The van der Waals surface area contributed by atoms with Crippen molar-refractivity contribution in [3.8, 4) is 18.1 Å². The van der Waals surface area contributed by atoms with Gasteiger partial charge in [-0.3, -0.25) is 4.90 Å². The fourth-order valence-corrected chi connectivity index (χ4v) is 3.35. The largest absolute Gasteiger partial charge is 0.497 e. The van der Waals surface area contributed by atoms with Crippen molar-refractivity contribution in [1.82, 2.24) is 4.90 Å². The third-order valence-corrected chi connectivity index (χ3v) is 4.72. The molecule has 25 heavy (non-hydrogen) atoms. The van der Waals surface area contributed by atoms with Gasteiger partial charge in [-0.25, -0.2) is 0 Å². The maximum absolute atomic E-state index is 6.16. The molecule has 3 heteroatoms. The lowest BCUT2D eigenvalue weighted by Crippen LogP contribution is -2.29. The molecule has 0 amide bonds. The van der Waals surface area contributed by atoms with Gasteiger partial charge in [0.1, 0.15) is 5.75 Å². The molecular formula is C22H25NO2. The summed E-state index contributed by atoms with van der Waals surface area (Å²) in [5.41, 5.74) is 2.48. The highest BCUT2D eigenvalue weighted by molar-refractivity contribution is 5.26. The maximum atomic E-state index is 6.16. The Morgan fingerprint density at radius 3 is 2.52 bits per heavy atom. The molecule has 1 aliphatic rings. The Morgan fingerprint density at radius 1 is 1.08 bits per heavy atom. The topological polar surface area (TPSA) is 21.7 Å². The Bertz CT molecular complexity index is 690. The Hall–Kier alpha value is -2.28. The number of benzene rings is 2. The van der Waals surface area contributed by atoms with E-state index in [0.29, 0.717) is 12.6 Å². The number of hydrogen-bond acceptors (Lipinski definition) is 3.